The summed E-state index contributed by atoms with van der Waals surface area (Å²) in [6.45, 7) is 4.28. The van der Waals surface area contributed by atoms with Gasteiger partial charge in [0.15, 0.2) is 0 Å². The molecule has 1 N–H and O–H groups in total. The number of esters is 1. The van der Waals surface area contributed by atoms with Crippen molar-refractivity contribution in [2.45, 2.75) is 26.9 Å². The van der Waals surface area contributed by atoms with Gasteiger partial charge in [-0.25, -0.2) is 4.79 Å². The van der Waals surface area contributed by atoms with E-state index in [0.717, 1.165) is 17.0 Å². The Balaban J connectivity index is 2.19. The number of alkyl halides is 3. The standard InChI is InChI=1S/C24H21F3N2O4/c1-4-33-23(32)20-13-28-22(16-8-10-18(11-9-16)24(25,26)27)21(20)17-6-5-7-19(12-17)29(14(2)30)15(3)31/h5-13,28H,4H2,1-3H3. The van der Waals surface area contributed by atoms with E-state index in [-0.39, 0.29) is 12.2 Å². The third kappa shape index (κ3) is 4.97. The average molecular weight is 458 g/mol. The molecule has 0 atom stereocenters. The molecule has 0 fully saturated rings. The highest BCUT2D eigenvalue weighted by molar-refractivity contribution is 6.13. The number of carbonyl (C=O) groups is 3. The predicted molar refractivity (Wildman–Crippen MR) is 116 cm³/mol. The normalized spacial score (nSPS) is 11.2. The Bertz CT molecular complexity index is 1180. The highest BCUT2D eigenvalue weighted by Crippen LogP contribution is 2.38. The number of benzene rings is 2. The van der Waals surface area contributed by atoms with Crippen molar-refractivity contribution in [2.75, 3.05) is 11.5 Å². The lowest BCUT2D eigenvalue weighted by Crippen LogP contribution is -2.32. The largest absolute Gasteiger partial charge is 0.462 e. The Morgan fingerprint density at radius 3 is 2.15 bits per heavy atom. The van der Waals surface area contributed by atoms with Crippen molar-refractivity contribution in [3.8, 4) is 22.4 Å². The van der Waals surface area contributed by atoms with Crippen molar-refractivity contribution in [1.29, 1.82) is 0 Å². The van der Waals surface area contributed by atoms with Crippen LogP contribution in [0, 0.1) is 0 Å². The minimum Gasteiger partial charge on any atom is -0.462 e. The molecule has 6 nitrogen and oxygen atoms in total. The van der Waals surface area contributed by atoms with Gasteiger partial charge in [0.1, 0.15) is 0 Å². The highest BCUT2D eigenvalue weighted by Gasteiger charge is 2.30. The lowest BCUT2D eigenvalue weighted by molar-refractivity contribution is -0.137. The summed E-state index contributed by atoms with van der Waals surface area (Å²) in [7, 11) is 0. The minimum absolute atomic E-state index is 0.127. The Kier molecular flexibility index (Phi) is 6.71. The topological polar surface area (TPSA) is 79.5 Å². The van der Waals surface area contributed by atoms with Crippen LogP contribution in [0.1, 0.15) is 36.7 Å². The van der Waals surface area contributed by atoms with Crippen LogP contribution in [-0.4, -0.2) is 29.4 Å². The van der Waals surface area contributed by atoms with E-state index in [2.05, 4.69) is 4.98 Å². The van der Waals surface area contributed by atoms with Gasteiger partial charge in [-0.05, 0) is 42.3 Å². The van der Waals surface area contributed by atoms with Crippen molar-refractivity contribution >= 4 is 23.5 Å². The summed E-state index contributed by atoms with van der Waals surface area (Å²) in [5, 5.41) is 0. The Labute approximate surface area is 188 Å². The van der Waals surface area contributed by atoms with Crippen LogP contribution in [0.5, 0.6) is 0 Å². The number of imide groups is 1. The van der Waals surface area contributed by atoms with Crippen LogP contribution in [0.2, 0.25) is 0 Å². The molecule has 3 aromatic rings. The van der Waals surface area contributed by atoms with Gasteiger partial charge in [-0.3, -0.25) is 14.5 Å². The van der Waals surface area contributed by atoms with Gasteiger partial charge in [-0.1, -0.05) is 24.3 Å². The Morgan fingerprint density at radius 1 is 0.970 bits per heavy atom. The van der Waals surface area contributed by atoms with E-state index in [9.17, 15) is 27.6 Å². The van der Waals surface area contributed by atoms with Gasteiger partial charge >= 0.3 is 12.1 Å². The molecule has 0 saturated heterocycles. The van der Waals surface area contributed by atoms with Crippen molar-refractivity contribution < 1.29 is 32.3 Å². The number of rotatable bonds is 5. The maximum Gasteiger partial charge on any atom is 0.416 e. The van der Waals surface area contributed by atoms with E-state index in [1.165, 1.54) is 32.2 Å². The first kappa shape index (κ1) is 23.8. The molecule has 0 aliphatic carbocycles. The lowest BCUT2D eigenvalue weighted by Gasteiger charge is -2.18. The molecule has 9 heteroatoms. The number of H-pyrrole nitrogens is 1. The number of aromatic amines is 1. The zero-order valence-corrected chi connectivity index (χ0v) is 18.1. The number of halogens is 3. The van der Waals surface area contributed by atoms with Gasteiger partial charge < -0.3 is 9.72 Å². The van der Waals surface area contributed by atoms with Crippen LogP contribution >= 0.6 is 0 Å². The third-order valence-corrected chi connectivity index (χ3v) is 4.90. The molecule has 0 spiro atoms. The lowest BCUT2D eigenvalue weighted by atomic mass is 9.96. The molecule has 33 heavy (non-hydrogen) atoms. The molecule has 0 aliphatic rings. The monoisotopic (exact) mass is 458 g/mol. The van der Waals surface area contributed by atoms with Crippen molar-refractivity contribution in [3.63, 3.8) is 0 Å². The number of hydrogen-bond acceptors (Lipinski definition) is 4. The maximum atomic E-state index is 13.0. The first-order valence-electron chi connectivity index (χ1n) is 10.0. The number of anilines is 1. The zero-order valence-electron chi connectivity index (χ0n) is 18.1. The SMILES string of the molecule is CCOC(=O)c1c[nH]c(-c2ccc(C(F)(F)F)cc2)c1-c1cccc(N(C(C)=O)C(C)=O)c1. The average Bonchev–Trinajstić information content (AvgIpc) is 3.18. The molecule has 1 aromatic heterocycles. The summed E-state index contributed by atoms with van der Waals surface area (Å²) in [5.74, 6) is -1.59. The molecule has 3 rings (SSSR count). The molecule has 0 bridgehead atoms. The van der Waals surface area contributed by atoms with Gasteiger partial charge in [0, 0.05) is 25.6 Å². The number of aromatic nitrogens is 1. The maximum absolute atomic E-state index is 13.0. The second kappa shape index (κ2) is 9.32. The summed E-state index contributed by atoms with van der Waals surface area (Å²) in [6.07, 6.45) is -3.06. The van der Waals surface area contributed by atoms with Crippen molar-refractivity contribution in [1.82, 2.24) is 4.98 Å². The van der Waals surface area contributed by atoms with Gasteiger partial charge in [0.25, 0.3) is 0 Å². The summed E-state index contributed by atoms with van der Waals surface area (Å²) < 4.78 is 44.1. The molecule has 2 amide bonds. The fourth-order valence-corrected chi connectivity index (χ4v) is 3.53. The van der Waals surface area contributed by atoms with Crippen LogP contribution in [0.25, 0.3) is 22.4 Å². The van der Waals surface area contributed by atoms with Crippen LogP contribution in [0.15, 0.2) is 54.7 Å². The number of hydrogen-bond donors (Lipinski definition) is 1. The van der Waals surface area contributed by atoms with Crippen LogP contribution in [-0.2, 0) is 20.5 Å². The van der Waals surface area contributed by atoms with E-state index >= 15 is 0 Å². The fraction of sp³-hybridized carbons (Fsp3) is 0.208. The smallest absolute Gasteiger partial charge is 0.416 e. The van der Waals surface area contributed by atoms with Crippen LogP contribution < -0.4 is 4.90 Å². The summed E-state index contributed by atoms with van der Waals surface area (Å²) in [6, 6.07) is 10.9. The van der Waals surface area contributed by atoms with E-state index < -0.39 is 29.5 Å². The van der Waals surface area contributed by atoms with E-state index in [1.54, 1.807) is 31.2 Å². The second-order valence-electron chi connectivity index (χ2n) is 7.17. The van der Waals surface area contributed by atoms with Gasteiger partial charge in [-0.15, -0.1) is 0 Å². The minimum atomic E-state index is -4.48. The molecule has 0 unspecified atom stereocenters. The number of carbonyl (C=O) groups excluding carboxylic acids is 3. The van der Waals surface area contributed by atoms with Crippen molar-refractivity contribution in [2.24, 2.45) is 0 Å². The van der Waals surface area contributed by atoms with Gasteiger partial charge in [0.05, 0.1) is 29.1 Å². The van der Waals surface area contributed by atoms with E-state index in [1.807, 2.05) is 0 Å². The van der Waals surface area contributed by atoms with E-state index in [4.69, 9.17) is 4.74 Å². The quantitative estimate of drug-likeness (QED) is 0.516. The molecule has 1 heterocycles. The van der Waals surface area contributed by atoms with Gasteiger partial charge in [-0.2, -0.15) is 13.2 Å². The highest BCUT2D eigenvalue weighted by atomic mass is 19.4. The molecule has 0 radical (unpaired) electrons. The molecule has 0 aliphatic heterocycles. The zero-order chi connectivity index (χ0) is 24.3. The number of nitrogens with zero attached hydrogens (tertiary/aromatic N) is 1. The molecular formula is C24H21F3N2O4. The molecular weight excluding hydrogens is 437 g/mol. The van der Waals surface area contributed by atoms with Crippen molar-refractivity contribution in [3.05, 3.63) is 65.9 Å². The van der Waals surface area contributed by atoms with E-state index in [0.29, 0.717) is 28.1 Å². The summed E-state index contributed by atoms with van der Waals surface area (Å²) in [5.41, 5.74) is 1.31. The van der Waals surface area contributed by atoms with Gasteiger partial charge in [0.2, 0.25) is 11.8 Å². The summed E-state index contributed by atoms with van der Waals surface area (Å²) in [4.78, 5) is 40.5. The third-order valence-electron chi connectivity index (χ3n) is 4.90. The molecule has 2 aromatic carbocycles. The first-order chi connectivity index (χ1) is 15.5. The fourth-order valence-electron chi connectivity index (χ4n) is 3.53. The molecule has 172 valence electrons. The second-order valence-corrected chi connectivity index (χ2v) is 7.17. The number of nitrogens with one attached hydrogen (secondary N) is 1. The Hall–Kier alpha value is -3.88. The Morgan fingerprint density at radius 2 is 1.61 bits per heavy atom. The predicted octanol–water partition coefficient (Wildman–Crippen LogP) is 5.44. The first-order valence-corrected chi connectivity index (χ1v) is 10.0. The van der Waals surface area contributed by atoms with Crippen LogP contribution in [0.4, 0.5) is 18.9 Å². The van der Waals surface area contributed by atoms with Crippen LogP contribution in [0.3, 0.4) is 0 Å². The number of amides is 2. The summed E-state index contributed by atoms with van der Waals surface area (Å²) >= 11 is 0. The molecule has 0 saturated carbocycles. The number of ether oxygens (including phenoxy) is 1.